The Morgan fingerprint density at radius 1 is 1.21 bits per heavy atom. The minimum Gasteiger partial charge on any atom is -0.386 e. The lowest BCUT2D eigenvalue weighted by Gasteiger charge is -2.18. The van der Waals surface area contributed by atoms with Gasteiger partial charge in [-0.05, 0) is 17.9 Å². The Bertz CT molecular complexity index is 306. The van der Waals surface area contributed by atoms with Crippen molar-refractivity contribution in [2.75, 3.05) is 0 Å². The highest BCUT2D eigenvalue weighted by Gasteiger charge is 2.33. The molecule has 4 heteroatoms. The van der Waals surface area contributed by atoms with Crippen molar-refractivity contribution in [3.05, 3.63) is 29.8 Å². The third kappa shape index (κ3) is 2.42. The highest BCUT2D eigenvalue weighted by Crippen LogP contribution is 2.17. The van der Waals surface area contributed by atoms with E-state index in [1.165, 1.54) is 0 Å². The van der Waals surface area contributed by atoms with E-state index in [1.807, 2.05) is 26.0 Å². The monoisotopic (exact) mass is 212 g/mol. The number of benzene rings is 1. The molecule has 0 aliphatic heterocycles. The molecular weight excluding hydrogens is 196 g/mol. The predicted molar refractivity (Wildman–Crippen MR) is 57.2 cm³/mol. The van der Waals surface area contributed by atoms with Gasteiger partial charge in [0.1, 0.15) is 0 Å². The van der Waals surface area contributed by atoms with Gasteiger partial charge in [-0.2, -0.15) is 0 Å². The standard InChI is InChI=1S/C10H16O3Si/c1-3-8(2)9-6-4-5-7-10(9)14(11,12)13/h4-8,11-13H,3H2,1-2H3. The molecule has 0 bridgehead atoms. The highest BCUT2D eigenvalue weighted by atomic mass is 28.4. The van der Waals surface area contributed by atoms with Gasteiger partial charge in [0.2, 0.25) is 0 Å². The number of hydrogen-bond acceptors (Lipinski definition) is 3. The maximum absolute atomic E-state index is 9.26. The summed E-state index contributed by atoms with van der Waals surface area (Å²) in [5, 5.41) is 0.300. The third-order valence-corrected chi connectivity index (χ3v) is 3.64. The van der Waals surface area contributed by atoms with Crippen LogP contribution in [0.2, 0.25) is 0 Å². The zero-order valence-electron chi connectivity index (χ0n) is 8.44. The molecule has 1 atom stereocenters. The fourth-order valence-electron chi connectivity index (χ4n) is 1.45. The van der Waals surface area contributed by atoms with Gasteiger partial charge in [0.15, 0.2) is 0 Å². The first-order valence-electron chi connectivity index (χ1n) is 4.73. The minimum absolute atomic E-state index is 0.226. The van der Waals surface area contributed by atoms with Crippen LogP contribution < -0.4 is 5.19 Å². The fraction of sp³-hybridized carbons (Fsp3) is 0.400. The van der Waals surface area contributed by atoms with Gasteiger partial charge in [0, 0.05) is 5.19 Å². The molecule has 0 spiro atoms. The van der Waals surface area contributed by atoms with E-state index in [2.05, 4.69) is 0 Å². The molecule has 1 aromatic carbocycles. The first-order chi connectivity index (χ1) is 6.46. The second kappa shape index (κ2) is 4.23. The smallest absolute Gasteiger partial charge is 0.386 e. The van der Waals surface area contributed by atoms with Crippen LogP contribution in [0, 0.1) is 0 Å². The Morgan fingerprint density at radius 2 is 1.79 bits per heavy atom. The van der Waals surface area contributed by atoms with Gasteiger partial charge in [0.05, 0.1) is 0 Å². The van der Waals surface area contributed by atoms with Crippen LogP contribution in [0.25, 0.3) is 0 Å². The average molecular weight is 212 g/mol. The van der Waals surface area contributed by atoms with Gasteiger partial charge in [-0.25, -0.2) is 0 Å². The maximum atomic E-state index is 9.26. The van der Waals surface area contributed by atoms with Gasteiger partial charge in [-0.3, -0.25) is 0 Å². The van der Waals surface area contributed by atoms with Crippen LogP contribution in [-0.4, -0.2) is 23.2 Å². The summed E-state index contributed by atoms with van der Waals surface area (Å²) in [5.74, 6) is 0.226. The molecule has 0 saturated carbocycles. The van der Waals surface area contributed by atoms with E-state index in [1.54, 1.807) is 12.1 Å². The Morgan fingerprint density at radius 3 is 2.29 bits per heavy atom. The van der Waals surface area contributed by atoms with Gasteiger partial charge in [-0.15, -0.1) is 0 Å². The molecule has 0 fully saturated rings. The van der Waals surface area contributed by atoms with Crippen LogP contribution in [0.5, 0.6) is 0 Å². The summed E-state index contributed by atoms with van der Waals surface area (Å²) in [6.45, 7) is 4.02. The molecule has 3 nitrogen and oxygen atoms in total. The van der Waals surface area contributed by atoms with Crippen LogP contribution in [-0.2, 0) is 0 Å². The lowest BCUT2D eigenvalue weighted by atomic mass is 9.99. The molecule has 0 radical (unpaired) electrons. The molecule has 1 unspecified atom stereocenters. The first-order valence-corrected chi connectivity index (χ1v) is 6.57. The molecule has 1 aromatic rings. The summed E-state index contributed by atoms with van der Waals surface area (Å²) in [5.41, 5.74) is 0.828. The SMILES string of the molecule is CCC(C)c1ccccc1[Si](O)(O)O. The van der Waals surface area contributed by atoms with Gasteiger partial charge in [0.25, 0.3) is 0 Å². The van der Waals surface area contributed by atoms with E-state index in [0.29, 0.717) is 5.19 Å². The van der Waals surface area contributed by atoms with Crippen LogP contribution >= 0.6 is 0 Å². The Balaban J connectivity index is 3.16. The van der Waals surface area contributed by atoms with Gasteiger partial charge >= 0.3 is 8.80 Å². The zero-order chi connectivity index (χ0) is 10.8. The van der Waals surface area contributed by atoms with E-state index in [4.69, 9.17) is 0 Å². The normalized spacial score (nSPS) is 14.1. The zero-order valence-corrected chi connectivity index (χ0v) is 9.44. The number of hydrogen-bond donors (Lipinski definition) is 3. The van der Waals surface area contributed by atoms with Gasteiger partial charge < -0.3 is 14.4 Å². The summed E-state index contributed by atoms with van der Waals surface area (Å²) in [6.07, 6.45) is 0.904. The summed E-state index contributed by atoms with van der Waals surface area (Å²) in [6, 6.07) is 6.94. The lowest BCUT2D eigenvalue weighted by Crippen LogP contribution is -2.50. The minimum atomic E-state index is -4.16. The molecule has 0 aromatic heterocycles. The van der Waals surface area contributed by atoms with Crippen molar-refractivity contribution < 1.29 is 14.4 Å². The van der Waals surface area contributed by atoms with Crippen molar-refractivity contribution >= 4 is 14.0 Å². The number of rotatable bonds is 3. The van der Waals surface area contributed by atoms with Crippen LogP contribution in [0.1, 0.15) is 31.7 Å². The van der Waals surface area contributed by atoms with Crippen molar-refractivity contribution in [3.8, 4) is 0 Å². The van der Waals surface area contributed by atoms with Crippen molar-refractivity contribution in [2.45, 2.75) is 26.2 Å². The second-order valence-corrected chi connectivity index (χ2v) is 5.34. The molecule has 0 amide bonds. The summed E-state index contributed by atoms with van der Waals surface area (Å²) in [4.78, 5) is 27.8. The van der Waals surface area contributed by atoms with Gasteiger partial charge in [-0.1, -0.05) is 38.1 Å². The summed E-state index contributed by atoms with van der Waals surface area (Å²) < 4.78 is 0. The first kappa shape index (κ1) is 11.4. The predicted octanol–water partition coefficient (Wildman–Crippen LogP) is 0.323. The molecular formula is C10H16O3Si. The fourth-order valence-corrected chi connectivity index (χ4v) is 2.49. The Kier molecular flexibility index (Phi) is 3.44. The van der Waals surface area contributed by atoms with E-state index < -0.39 is 8.80 Å². The topological polar surface area (TPSA) is 60.7 Å². The average Bonchev–Trinajstić information content (AvgIpc) is 2.15. The summed E-state index contributed by atoms with van der Waals surface area (Å²) >= 11 is 0. The van der Waals surface area contributed by atoms with Crippen molar-refractivity contribution in [1.82, 2.24) is 0 Å². The molecule has 1 rings (SSSR count). The maximum Gasteiger partial charge on any atom is 0.529 e. The Hall–Kier alpha value is -0.683. The molecule has 0 aliphatic rings. The molecule has 14 heavy (non-hydrogen) atoms. The van der Waals surface area contributed by atoms with Crippen molar-refractivity contribution in [1.29, 1.82) is 0 Å². The second-order valence-electron chi connectivity index (χ2n) is 3.53. The van der Waals surface area contributed by atoms with Crippen LogP contribution in [0.15, 0.2) is 24.3 Å². The van der Waals surface area contributed by atoms with Crippen LogP contribution in [0.3, 0.4) is 0 Å². The molecule has 0 heterocycles. The lowest BCUT2D eigenvalue weighted by molar-refractivity contribution is 0.249. The van der Waals surface area contributed by atoms with Crippen molar-refractivity contribution in [3.63, 3.8) is 0 Å². The van der Waals surface area contributed by atoms with E-state index in [-0.39, 0.29) is 5.92 Å². The summed E-state index contributed by atoms with van der Waals surface area (Å²) in [7, 11) is -4.16. The Labute approximate surface area is 85.0 Å². The molecule has 3 N–H and O–H groups in total. The third-order valence-electron chi connectivity index (χ3n) is 2.47. The highest BCUT2D eigenvalue weighted by molar-refractivity contribution is 6.72. The van der Waals surface area contributed by atoms with E-state index >= 15 is 0 Å². The largest absolute Gasteiger partial charge is 0.529 e. The molecule has 0 saturated heterocycles. The van der Waals surface area contributed by atoms with E-state index in [0.717, 1.165) is 12.0 Å². The quantitative estimate of drug-likeness (QED) is 0.633. The molecule has 0 aliphatic carbocycles. The van der Waals surface area contributed by atoms with E-state index in [9.17, 15) is 14.4 Å². The van der Waals surface area contributed by atoms with Crippen molar-refractivity contribution in [2.24, 2.45) is 0 Å². The molecule has 78 valence electrons. The van der Waals surface area contributed by atoms with Crippen LogP contribution in [0.4, 0.5) is 0 Å².